The maximum atomic E-state index is 3.99. The third-order valence-corrected chi connectivity index (χ3v) is 2.31. The summed E-state index contributed by atoms with van der Waals surface area (Å²) in [5, 5.41) is 0. The van der Waals surface area contributed by atoms with E-state index >= 15 is 0 Å². The van der Waals surface area contributed by atoms with Gasteiger partial charge in [-0.15, -0.1) is 5.73 Å². The minimum atomic E-state index is 0.906. The molecule has 1 heterocycles. The van der Waals surface area contributed by atoms with Crippen molar-refractivity contribution in [3.63, 3.8) is 0 Å². The van der Waals surface area contributed by atoms with Crippen LogP contribution in [0.25, 0.3) is 0 Å². The topological polar surface area (TPSA) is 3.24 Å². The minimum absolute atomic E-state index is 0.906. The van der Waals surface area contributed by atoms with Crippen LogP contribution in [-0.4, -0.2) is 11.4 Å². The fraction of sp³-hybridized carbons (Fsp3) is 0.357. The second kappa shape index (κ2) is 4.86. The van der Waals surface area contributed by atoms with Gasteiger partial charge < -0.3 is 4.90 Å². The van der Waals surface area contributed by atoms with Gasteiger partial charge in [0, 0.05) is 18.3 Å². The standard InChI is InChI=1S/C14H19N/c1-11(2)8-9-14-13(5)7-6-10-15(14)12(3)4/h6-7,9H,3,10H2,1-2,4-5H3. The summed E-state index contributed by atoms with van der Waals surface area (Å²) >= 11 is 0. The fourth-order valence-corrected chi connectivity index (χ4v) is 1.50. The van der Waals surface area contributed by atoms with Crippen LogP contribution < -0.4 is 0 Å². The Morgan fingerprint density at radius 1 is 1.47 bits per heavy atom. The van der Waals surface area contributed by atoms with Crippen LogP contribution >= 0.6 is 0 Å². The van der Waals surface area contributed by atoms with E-state index < -0.39 is 0 Å². The first-order valence-corrected chi connectivity index (χ1v) is 5.22. The quantitative estimate of drug-likeness (QED) is 0.614. The minimum Gasteiger partial charge on any atom is -0.341 e. The zero-order chi connectivity index (χ0) is 11.4. The molecule has 1 rings (SSSR count). The molecule has 0 aliphatic carbocycles. The van der Waals surface area contributed by atoms with Crippen LogP contribution in [0.1, 0.15) is 27.7 Å². The molecule has 0 saturated heterocycles. The van der Waals surface area contributed by atoms with Gasteiger partial charge in [-0.3, -0.25) is 0 Å². The molecule has 0 atom stereocenters. The number of allylic oxidation sites excluding steroid dienone is 4. The summed E-state index contributed by atoms with van der Waals surface area (Å²) in [6, 6.07) is 0. The molecule has 0 aromatic rings. The Morgan fingerprint density at radius 2 is 2.13 bits per heavy atom. The molecule has 0 amide bonds. The summed E-state index contributed by atoms with van der Waals surface area (Å²) in [7, 11) is 0. The van der Waals surface area contributed by atoms with Crippen molar-refractivity contribution in [2.45, 2.75) is 27.7 Å². The Bertz CT molecular complexity index is 384. The summed E-state index contributed by atoms with van der Waals surface area (Å²) in [6.07, 6.45) is 6.35. The van der Waals surface area contributed by atoms with Crippen molar-refractivity contribution >= 4 is 0 Å². The Balaban J connectivity index is 3.12. The predicted molar refractivity (Wildman–Crippen MR) is 66.3 cm³/mol. The van der Waals surface area contributed by atoms with Gasteiger partial charge in [0.25, 0.3) is 0 Å². The van der Waals surface area contributed by atoms with Crippen LogP contribution in [0.3, 0.4) is 0 Å². The Labute approximate surface area is 92.8 Å². The second-order valence-corrected chi connectivity index (χ2v) is 4.11. The molecule has 80 valence electrons. The maximum Gasteiger partial charge on any atom is 0.0518 e. The van der Waals surface area contributed by atoms with Crippen LogP contribution in [0.2, 0.25) is 0 Å². The molecule has 1 nitrogen and oxygen atoms in total. The molecule has 0 N–H and O–H groups in total. The Hall–Kier alpha value is -1.46. The van der Waals surface area contributed by atoms with E-state index in [0.29, 0.717) is 0 Å². The van der Waals surface area contributed by atoms with E-state index in [1.165, 1.54) is 16.8 Å². The van der Waals surface area contributed by atoms with E-state index in [4.69, 9.17) is 0 Å². The van der Waals surface area contributed by atoms with Gasteiger partial charge in [-0.1, -0.05) is 18.7 Å². The number of hydrogen-bond acceptors (Lipinski definition) is 1. The molecule has 0 fully saturated rings. The van der Waals surface area contributed by atoms with Crippen LogP contribution in [0, 0.1) is 0 Å². The summed E-state index contributed by atoms with van der Waals surface area (Å²) in [6.45, 7) is 13.1. The van der Waals surface area contributed by atoms with Gasteiger partial charge in [0.15, 0.2) is 0 Å². The van der Waals surface area contributed by atoms with E-state index in [9.17, 15) is 0 Å². The molecule has 1 heteroatoms. The van der Waals surface area contributed by atoms with Crippen molar-refractivity contribution in [1.82, 2.24) is 4.90 Å². The Kier molecular flexibility index (Phi) is 3.76. The zero-order valence-electron chi connectivity index (χ0n) is 10.1. The molecule has 15 heavy (non-hydrogen) atoms. The van der Waals surface area contributed by atoms with E-state index in [1.54, 1.807) is 0 Å². The molecule has 1 aliphatic rings. The lowest BCUT2D eigenvalue weighted by molar-refractivity contribution is 0.480. The Morgan fingerprint density at radius 3 is 2.67 bits per heavy atom. The third kappa shape index (κ3) is 3.00. The SMILES string of the molecule is C=C(C)N1CC=CC(C)=C1C=C=C(C)C. The normalized spacial score (nSPS) is 15.1. The first-order chi connectivity index (χ1) is 7.02. The molecule has 0 unspecified atom stereocenters. The van der Waals surface area contributed by atoms with Gasteiger partial charge in [-0.05, 0) is 38.8 Å². The van der Waals surface area contributed by atoms with Crippen molar-refractivity contribution in [2.75, 3.05) is 6.54 Å². The fourth-order valence-electron chi connectivity index (χ4n) is 1.50. The molecule has 0 aromatic carbocycles. The van der Waals surface area contributed by atoms with Gasteiger partial charge >= 0.3 is 0 Å². The lowest BCUT2D eigenvalue weighted by Gasteiger charge is -2.28. The highest BCUT2D eigenvalue weighted by Gasteiger charge is 2.11. The van der Waals surface area contributed by atoms with Crippen LogP contribution in [0.5, 0.6) is 0 Å². The van der Waals surface area contributed by atoms with Crippen molar-refractivity contribution < 1.29 is 0 Å². The van der Waals surface area contributed by atoms with Crippen molar-refractivity contribution in [3.8, 4) is 0 Å². The smallest absolute Gasteiger partial charge is 0.0518 e. The largest absolute Gasteiger partial charge is 0.341 e. The van der Waals surface area contributed by atoms with Gasteiger partial charge in [0.1, 0.15) is 0 Å². The average Bonchev–Trinajstić information content (AvgIpc) is 2.15. The molecule has 1 aliphatic heterocycles. The van der Waals surface area contributed by atoms with Crippen molar-refractivity contribution in [1.29, 1.82) is 0 Å². The lowest BCUT2D eigenvalue weighted by Crippen LogP contribution is -2.22. The van der Waals surface area contributed by atoms with Crippen LogP contribution in [-0.2, 0) is 0 Å². The first kappa shape index (κ1) is 11.6. The number of nitrogens with zero attached hydrogens (tertiary/aromatic N) is 1. The van der Waals surface area contributed by atoms with E-state index in [2.05, 4.69) is 50.1 Å². The van der Waals surface area contributed by atoms with Gasteiger partial charge in [-0.25, -0.2) is 0 Å². The molecule has 0 radical (unpaired) electrons. The van der Waals surface area contributed by atoms with Crippen molar-refractivity contribution in [2.24, 2.45) is 0 Å². The molecule has 0 bridgehead atoms. The highest BCUT2D eigenvalue weighted by molar-refractivity contribution is 5.36. The summed E-state index contributed by atoms with van der Waals surface area (Å²) < 4.78 is 0. The number of rotatable bonds is 2. The zero-order valence-corrected chi connectivity index (χ0v) is 10.1. The van der Waals surface area contributed by atoms with E-state index in [1.807, 2.05) is 13.0 Å². The highest BCUT2D eigenvalue weighted by atomic mass is 15.1. The highest BCUT2D eigenvalue weighted by Crippen LogP contribution is 2.21. The molecular weight excluding hydrogens is 182 g/mol. The molecular formula is C14H19N. The maximum absolute atomic E-state index is 3.99. The first-order valence-electron chi connectivity index (χ1n) is 5.22. The van der Waals surface area contributed by atoms with Gasteiger partial charge in [0.05, 0.1) is 5.70 Å². The van der Waals surface area contributed by atoms with Crippen LogP contribution in [0.4, 0.5) is 0 Å². The van der Waals surface area contributed by atoms with Crippen LogP contribution in [0.15, 0.2) is 53.1 Å². The summed E-state index contributed by atoms with van der Waals surface area (Å²) in [5.74, 6) is 0. The molecule has 0 aromatic heterocycles. The third-order valence-electron chi connectivity index (χ3n) is 2.31. The lowest BCUT2D eigenvalue weighted by atomic mass is 10.1. The van der Waals surface area contributed by atoms with Crippen molar-refractivity contribution in [3.05, 3.63) is 53.1 Å². The monoisotopic (exact) mass is 201 g/mol. The average molecular weight is 201 g/mol. The van der Waals surface area contributed by atoms with E-state index in [0.717, 1.165) is 12.2 Å². The summed E-state index contributed by atoms with van der Waals surface area (Å²) in [5.41, 5.74) is 7.97. The molecule has 0 saturated carbocycles. The molecule has 0 spiro atoms. The van der Waals surface area contributed by atoms with E-state index in [-0.39, 0.29) is 0 Å². The van der Waals surface area contributed by atoms with Gasteiger partial charge in [0.2, 0.25) is 0 Å². The predicted octanol–water partition coefficient (Wildman–Crippen LogP) is 3.79. The number of hydrogen-bond donors (Lipinski definition) is 0. The van der Waals surface area contributed by atoms with Gasteiger partial charge in [-0.2, -0.15) is 0 Å². The second-order valence-electron chi connectivity index (χ2n) is 4.11. The summed E-state index contributed by atoms with van der Waals surface area (Å²) in [4.78, 5) is 2.20.